The van der Waals surface area contributed by atoms with Crippen molar-refractivity contribution in [3.63, 3.8) is 0 Å². The maximum Gasteiger partial charge on any atom is 0.435 e. The molecule has 360 valence electrons. The quantitative estimate of drug-likeness (QED) is 0.163. The summed E-state index contributed by atoms with van der Waals surface area (Å²) < 4.78 is 140. The number of rotatable bonds is 10. The lowest BCUT2D eigenvalue weighted by Gasteiger charge is -2.33. The number of methoxy groups -OCH3 is 1. The number of pyridine rings is 1. The van der Waals surface area contributed by atoms with Gasteiger partial charge in [-0.15, -0.1) is 0 Å². The number of hydrogen-bond donors (Lipinski definition) is 3. The third kappa shape index (κ3) is 9.59. The van der Waals surface area contributed by atoms with E-state index in [1.54, 1.807) is 31.2 Å². The lowest BCUT2D eigenvalue weighted by molar-refractivity contribution is -0.244. The summed E-state index contributed by atoms with van der Waals surface area (Å²) in [7, 11) is -3.16. The van der Waals surface area contributed by atoms with Crippen molar-refractivity contribution in [3.05, 3.63) is 54.4 Å². The summed E-state index contributed by atoms with van der Waals surface area (Å²) in [5.41, 5.74) is -5.87. The van der Waals surface area contributed by atoms with Gasteiger partial charge in [0.15, 0.2) is 11.5 Å². The molecule has 3 N–H and O–H groups in total. The summed E-state index contributed by atoms with van der Waals surface area (Å²) in [6, 6.07) is 3.51. The Balaban J connectivity index is 1.26. The van der Waals surface area contributed by atoms with Gasteiger partial charge < -0.3 is 29.7 Å². The Kier molecular flexibility index (Phi) is 12.8. The molecular weight excluding hydrogens is 912 g/mol. The second kappa shape index (κ2) is 17.5. The zero-order valence-corrected chi connectivity index (χ0v) is 36.9. The average Bonchev–Trinajstić information content (AvgIpc) is 4.06. The number of halogens is 7. The molecule has 3 aromatic rings. The first-order valence-corrected chi connectivity index (χ1v) is 22.6. The molecule has 4 amide bonds. The second-order valence-electron chi connectivity index (χ2n) is 17.7. The number of nitrogens with zero attached hydrogens (tertiary/aromatic N) is 4. The molecule has 2 aliphatic heterocycles. The minimum absolute atomic E-state index is 0.0126. The number of fused-ring (bicyclic) bond motifs is 3. The number of ether oxygens (including phenoxy) is 3. The van der Waals surface area contributed by atoms with E-state index in [1.165, 1.54) is 19.2 Å². The van der Waals surface area contributed by atoms with Gasteiger partial charge in [-0.25, -0.2) is 27.3 Å². The Morgan fingerprint density at radius 1 is 1.05 bits per heavy atom. The SMILES string of the molecule is COc1ccc2c(O[C@@H]3C[C@H]4C(=O)N[C@]5(C(=O)NS(=O)(=O)C6(CF)CC6)C[C@@H]5/C=C\CCCC[C@@H](C)[C@H](NC(=O)OC(C)(C)C(F)(F)F)C(=O)N4C3)cc(-n3ccc(C(F)(F)F)n3)nc2c1. The summed E-state index contributed by atoms with van der Waals surface area (Å²) in [6.07, 6.45) is -6.82. The van der Waals surface area contributed by atoms with Crippen molar-refractivity contribution >= 4 is 44.7 Å². The van der Waals surface area contributed by atoms with Crippen LogP contribution in [0.25, 0.3) is 16.7 Å². The van der Waals surface area contributed by atoms with Crippen LogP contribution in [0.5, 0.6) is 11.5 Å². The Hall–Kier alpha value is -5.68. The second-order valence-corrected chi connectivity index (χ2v) is 19.8. The topological polar surface area (TPSA) is 200 Å². The van der Waals surface area contributed by atoms with Gasteiger partial charge in [-0.1, -0.05) is 25.5 Å². The molecule has 7 rings (SSSR count). The van der Waals surface area contributed by atoms with Gasteiger partial charge in [-0.3, -0.25) is 19.1 Å². The highest BCUT2D eigenvalue weighted by molar-refractivity contribution is 7.91. The first kappa shape index (κ1) is 48.3. The monoisotopic (exact) mass is 959 g/mol. The van der Waals surface area contributed by atoms with Crippen molar-refractivity contribution in [3.8, 4) is 17.3 Å². The number of carbonyl (C=O) groups excluding carboxylic acids is 4. The molecule has 1 saturated heterocycles. The predicted octanol–water partition coefficient (Wildman–Crippen LogP) is 5.82. The molecule has 4 aliphatic rings. The van der Waals surface area contributed by atoms with Gasteiger partial charge in [-0.2, -0.15) is 31.4 Å². The summed E-state index contributed by atoms with van der Waals surface area (Å²) in [4.78, 5) is 62.1. The Morgan fingerprint density at radius 3 is 2.41 bits per heavy atom. The molecule has 66 heavy (non-hydrogen) atoms. The van der Waals surface area contributed by atoms with E-state index >= 15 is 0 Å². The molecule has 16 nitrogen and oxygen atoms in total. The average molecular weight is 960 g/mol. The first-order chi connectivity index (χ1) is 30.8. The number of amides is 4. The fraction of sp³-hybridized carbons (Fsp3) is 0.571. The lowest BCUT2D eigenvalue weighted by atomic mass is 9.93. The number of nitrogens with one attached hydrogen (secondary N) is 3. The van der Waals surface area contributed by atoms with E-state index in [1.807, 2.05) is 4.72 Å². The molecule has 24 heteroatoms. The Bertz CT molecular complexity index is 2530. The zero-order valence-electron chi connectivity index (χ0n) is 36.1. The molecular formula is C42H48F7N7O9S. The molecule has 3 fully saturated rings. The normalized spacial score (nSPS) is 26.5. The van der Waals surface area contributed by atoms with E-state index in [-0.39, 0.29) is 49.2 Å². The molecule has 6 atom stereocenters. The van der Waals surface area contributed by atoms with Crippen molar-refractivity contribution in [2.75, 3.05) is 20.3 Å². The van der Waals surface area contributed by atoms with E-state index in [0.29, 0.717) is 44.2 Å². The van der Waals surface area contributed by atoms with Crippen LogP contribution in [0, 0.1) is 11.8 Å². The predicted molar refractivity (Wildman–Crippen MR) is 219 cm³/mol. The van der Waals surface area contributed by atoms with Crippen LogP contribution in [-0.4, -0.2) is 112 Å². The van der Waals surface area contributed by atoms with Crippen LogP contribution in [-0.2, 0) is 35.3 Å². The van der Waals surface area contributed by atoms with E-state index in [0.717, 1.165) is 21.8 Å². The minimum Gasteiger partial charge on any atom is -0.497 e. The highest BCUT2D eigenvalue weighted by Crippen LogP contribution is 2.48. The smallest absolute Gasteiger partial charge is 0.435 e. The van der Waals surface area contributed by atoms with Crippen molar-refractivity contribution < 1.29 is 72.5 Å². The lowest BCUT2D eigenvalue weighted by Crippen LogP contribution is -2.60. The number of sulfonamides is 1. The van der Waals surface area contributed by atoms with Crippen LogP contribution >= 0.6 is 0 Å². The molecule has 2 aromatic heterocycles. The van der Waals surface area contributed by atoms with Crippen LogP contribution in [0.4, 0.5) is 35.5 Å². The number of alkyl carbamates (subject to hydrolysis) is 1. The number of benzene rings is 1. The number of hydrogen-bond acceptors (Lipinski definition) is 11. The van der Waals surface area contributed by atoms with Crippen LogP contribution in [0.1, 0.15) is 77.8 Å². The molecule has 0 bridgehead atoms. The van der Waals surface area contributed by atoms with Gasteiger partial charge in [0.1, 0.15) is 46.6 Å². The van der Waals surface area contributed by atoms with E-state index in [4.69, 9.17) is 14.2 Å². The largest absolute Gasteiger partial charge is 0.497 e. The Morgan fingerprint density at radius 2 is 1.77 bits per heavy atom. The zero-order chi connectivity index (χ0) is 48.2. The van der Waals surface area contributed by atoms with Gasteiger partial charge in [0.25, 0.3) is 5.91 Å². The van der Waals surface area contributed by atoms with Crippen molar-refractivity contribution in [1.82, 2.24) is 35.0 Å². The number of allylic oxidation sites excluding steroid dienone is 1. The summed E-state index contributed by atoms with van der Waals surface area (Å²) >= 11 is 0. The molecule has 0 unspecified atom stereocenters. The number of alkyl halides is 7. The van der Waals surface area contributed by atoms with Gasteiger partial charge in [0, 0.05) is 36.1 Å². The van der Waals surface area contributed by atoms with Crippen molar-refractivity contribution in [2.24, 2.45) is 11.8 Å². The summed E-state index contributed by atoms with van der Waals surface area (Å²) in [6.45, 7) is 1.17. The molecule has 2 aliphatic carbocycles. The third-order valence-corrected chi connectivity index (χ3v) is 14.7. The number of aromatic nitrogens is 3. The Labute approximate surface area is 374 Å². The molecule has 0 radical (unpaired) electrons. The van der Waals surface area contributed by atoms with Gasteiger partial charge in [0.2, 0.25) is 27.4 Å². The maximum absolute atomic E-state index is 14.8. The van der Waals surface area contributed by atoms with E-state index < -0.39 is 111 Å². The van der Waals surface area contributed by atoms with Gasteiger partial charge in [0.05, 0.1) is 19.2 Å². The highest BCUT2D eigenvalue weighted by atomic mass is 32.2. The van der Waals surface area contributed by atoms with Crippen LogP contribution in [0.3, 0.4) is 0 Å². The molecule has 0 spiro atoms. The molecule has 1 aromatic carbocycles. The van der Waals surface area contributed by atoms with E-state index in [9.17, 15) is 58.3 Å². The maximum atomic E-state index is 14.8. The van der Waals surface area contributed by atoms with Gasteiger partial charge in [-0.05, 0) is 76.5 Å². The summed E-state index contributed by atoms with van der Waals surface area (Å²) in [5, 5.41) is 8.87. The van der Waals surface area contributed by atoms with E-state index in [2.05, 4.69) is 20.7 Å². The molecule has 4 heterocycles. The first-order valence-electron chi connectivity index (χ1n) is 21.1. The van der Waals surface area contributed by atoms with Crippen molar-refractivity contribution in [1.29, 1.82) is 0 Å². The molecule has 2 saturated carbocycles. The fourth-order valence-electron chi connectivity index (χ4n) is 8.11. The fourth-order valence-corrected chi connectivity index (χ4v) is 9.54. The summed E-state index contributed by atoms with van der Waals surface area (Å²) in [5.74, 6) is -4.29. The third-order valence-electron chi connectivity index (χ3n) is 12.6. The number of carbonyl (C=O) groups is 4. The van der Waals surface area contributed by atoms with Crippen molar-refractivity contribution in [2.45, 2.75) is 119 Å². The van der Waals surface area contributed by atoms with Gasteiger partial charge >= 0.3 is 18.4 Å². The van der Waals surface area contributed by atoms with Crippen LogP contribution in [0.15, 0.2) is 48.7 Å². The van der Waals surface area contributed by atoms with Crippen LogP contribution < -0.4 is 24.8 Å². The van der Waals surface area contributed by atoms with Crippen LogP contribution in [0.2, 0.25) is 0 Å². The highest BCUT2D eigenvalue weighted by Gasteiger charge is 2.64. The standard InChI is InChI=1S/C42H48F7N7O9S/c1-23-9-7-5-6-8-10-24-20-40(24,36(59)54-66(61,62)39(22-43)14-15-39)52-34(57)29-18-26(21-55(29)35(58)33(23)51-37(60)65-38(2,3)42(47,48)49)64-30-19-32(56-16-13-31(53-56)41(44,45)46)50-28-17-25(63-4)11-12-27(28)30/h8,10-13,16-17,19,23-24,26,29,33H,5-7,9,14-15,18,20-22H2,1-4H3,(H,51,60)(H,52,57)(H,54,59)/b10-8-/t23-,24+,26-,29+,33+,40-/m1/s1. The minimum atomic E-state index is -4.99.